The van der Waals surface area contributed by atoms with Crippen LogP contribution in [0, 0.1) is 0 Å². The van der Waals surface area contributed by atoms with Crippen LogP contribution in [0.15, 0.2) is 34.1 Å². The number of benzene rings is 1. The molecule has 0 aliphatic carbocycles. The quantitative estimate of drug-likeness (QED) is 0.434. The Morgan fingerprint density at radius 2 is 2.09 bits per heavy atom. The largest absolute Gasteiger partial charge is 0.490 e. The Kier molecular flexibility index (Phi) is 6.33. The van der Waals surface area contributed by atoms with Crippen molar-refractivity contribution in [2.75, 3.05) is 25.0 Å². The minimum Gasteiger partial charge on any atom is -0.490 e. The average molecular weight is 443 g/mol. The molecular formula is C22H30N6O4. The first kappa shape index (κ1) is 22.1. The van der Waals surface area contributed by atoms with Gasteiger partial charge in [0.25, 0.3) is 5.56 Å². The molecule has 0 saturated heterocycles. The maximum atomic E-state index is 12.5. The molecule has 0 saturated carbocycles. The Balaban J connectivity index is 1.29. The molecule has 10 heteroatoms. The number of aromatic nitrogens is 4. The Labute approximate surface area is 185 Å². The van der Waals surface area contributed by atoms with E-state index in [0.717, 1.165) is 41.0 Å². The molecule has 32 heavy (non-hydrogen) atoms. The van der Waals surface area contributed by atoms with Crippen LogP contribution in [0.1, 0.15) is 18.9 Å². The molecule has 1 aliphatic heterocycles. The topological polar surface area (TPSA) is 115 Å². The Morgan fingerprint density at radius 3 is 2.91 bits per heavy atom. The third-order valence-electron chi connectivity index (χ3n) is 5.98. The Morgan fingerprint density at radius 1 is 1.28 bits per heavy atom. The van der Waals surface area contributed by atoms with Crippen molar-refractivity contribution in [3.8, 4) is 5.75 Å². The van der Waals surface area contributed by atoms with Gasteiger partial charge in [0.15, 0.2) is 11.2 Å². The monoisotopic (exact) mass is 442 g/mol. The fraction of sp³-hybridized carbons (Fsp3) is 0.500. The lowest BCUT2D eigenvalue weighted by molar-refractivity contribution is 0.103. The first-order valence-corrected chi connectivity index (χ1v) is 10.9. The number of hydrogen-bond acceptors (Lipinski definition) is 7. The van der Waals surface area contributed by atoms with Crippen LogP contribution < -0.4 is 26.6 Å². The van der Waals surface area contributed by atoms with Gasteiger partial charge < -0.3 is 25.0 Å². The van der Waals surface area contributed by atoms with E-state index in [-0.39, 0.29) is 18.2 Å². The van der Waals surface area contributed by atoms with E-state index in [4.69, 9.17) is 4.74 Å². The smallest absolute Gasteiger partial charge is 0.332 e. The minimum atomic E-state index is -0.640. The average Bonchev–Trinajstić information content (AvgIpc) is 3.44. The van der Waals surface area contributed by atoms with Crippen molar-refractivity contribution >= 4 is 16.9 Å². The number of nitrogens with zero attached hydrogens (tertiary/aromatic N) is 4. The zero-order valence-electron chi connectivity index (χ0n) is 18.7. The van der Waals surface area contributed by atoms with Crippen molar-refractivity contribution < 1.29 is 9.84 Å². The number of aliphatic hydroxyl groups is 1. The van der Waals surface area contributed by atoms with Crippen LogP contribution in [-0.4, -0.2) is 55.6 Å². The number of aliphatic hydroxyl groups excluding tert-OH is 1. The van der Waals surface area contributed by atoms with Gasteiger partial charge in [-0.05, 0) is 31.9 Å². The van der Waals surface area contributed by atoms with Crippen LogP contribution in [0.4, 0.5) is 5.69 Å². The number of ether oxygens (including phenoxy) is 1. The number of nitrogens with one attached hydrogen (secondary N) is 2. The van der Waals surface area contributed by atoms with E-state index in [0.29, 0.717) is 24.3 Å². The van der Waals surface area contributed by atoms with Gasteiger partial charge in [-0.25, -0.2) is 9.78 Å². The van der Waals surface area contributed by atoms with Crippen LogP contribution in [0.3, 0.4) is 0 Å². The molecule has 0 fully saturated rings. The number of anilines is 1. The maximum absolute atomic E-state index is 12.5. The third-order valence-corrected chi connectivity index (χ3v) is 5.98. The zero-order chi connectivity index (χ0) is 22.8. The summed E-state index contributed by atoms with van der Waals surface area (Å²) >= 11 is 0. The SMILES string of the molecule is CC(CCn1cnc2c1c(=O)n(C)c(=O)n2C)NCC(O)COc1cccc2c1CCN2. The molecular weight excluding hydrogens is 412 g/mol. The van der Waals surface area contributed by atoms with E-state index in [1.807, 2.05) is 25.1 Å². The molecule has 0 bridgehead atoms. The lowest BCUT2D eigenvalue weighted by atomic mass is 10.1. The molecule has 3 heterocycles. The van der Waals surface area contributed by atoms with E-state index in [2.05, 4.69) is 15.6 Å². The number of hydrogen-bond donors (Lipinski definition) is 3. The highest BCUT2D eigenvalue weighted by Gasteiger charge is 2.17. The van der Waals surface area contributed by atoms with E-state index in [1.165, 1.54) is 11.6 Å². The fourth-order valence-corrected chi connectivity index (χ4v) is 4.03. The first-order valence-electron chi connectivity index (χ1n) is 10.9. The van der Waals surface area contributed by atoms with Gasteiger partial charge in [-0.1, -0.05) is 6.07 Å². The number of rotatable bonds is 9. The van der Waals surface area contributed by atoms with Gasteiger partial charge in [-0.15, -0.1) is 0 Å². The number of imidazole rings is 1. The number of aryl methyl sites for hydroxylation is 2. The summed E-state index contributed by atoms with van der Waals surface area (Å²) in [6, 6.07) is 6.02. The van der Waals surface area contributed by atoms with Gasteiger partial charge in [0.2, 0.25) is 0 Å². The van der Waals surface area contributed by atoms with Crippen LogP contribution >= 0.6 is 0 Å². The van der Waals surface area contributed by atoms with E-state index in [9.17, 15) is 14.7 Å². The van der Waals surface area contributed by atoms with Crippen LogP contribution in [0.25, 0.3) is 11.2 Å². The van der Waals surface area contributed by atoms with Crippen molar-refractivity contribution in [2.24, 2.45) is 14.1 Å². The van der Waals surface area contributed by atoms with Crippen molar-refractivity contribution in [3.05, 3.63) is 50.9 Å². The molecule has 0 spiro atoms. The normalized spacial score (nSPS) is 14.9. The highest BCUT2D eigenvalue weighted by molar-refractivity contribution is 5.69. The van der Waals surface area contributed by atoms with Crippen molar-refractivity contribution in [1.29, 1.82) is 0 Å². The second-order valence-electron chi connectivity index (χ2n) is 8.34. The summed E-state index contributed by atoms with van der Waals surface area (Å²) in [6.45, 7) is 4.11. The Bertz CT molecular complexity index is 1230. The Hall–Kier alpha value is -3.11. The van der Waals surface area contributed by atoms with E-state index in [1.54, 1.807) is 17.9 Å². The zero-order valence-corrected chi connectivity index (χ0v) is 18.7. The maximum Gasteiger partial charge on any atom is 0.332 e. The molecule has 2 aromatic heterocycles. The molecule has 3 N–H and O–H groups in total. The summed E-state index contributed by atoms with van der Waals surface area (Å²) in [5, 5.41) is 17.0. The summed E-state index contributed by atoms with van der Waals surface area (Å²) in [4.78, 5) is 28.8. The van der Waals surface area contributed by atoms with Gasteiger partial charge in [0.05, 0.1) is 6.33 Å². The van der Waals surface area contributed by atoms with Gasteiger partial charge in [0, 0.05) is 51.0 Å². The van der Waals surface area contributed by atoms with E-state index >= 15 is 0 Å². The minimum absolute atomic E-state index is 0.101. The summed E-state index contributed by atoms with van der Waals surface area (Å²) in [5.41, 5.74) is 2.32. The van der Waals surface area contributed by atoms with E-state index < -0.39 is 11.8 Å². The van der Waals surface area contributed by atoms with Crippen LogP contribution in [0.2, 0.25) is 0 Å². The molecule has 1 aliphatic rings. The molecule has 0 amide bonds. The van der Waals surface area contributed by atoms with Crippen molar-refractivity contribution in [1.82, 2.24) is 24.0 Å². The molecule has 1 aromatic carbocycles. The van der Waals surface area contributed by atoms with Gasteiger partial charge in [0.1, 0.15) is 18.5 Å². The fourth-order valence-electron chi connectivity index (χ4n) is 4.03. The first-order chi connectivity index (χ1) is 15.4. The molecule has 172 valence electrons. The molecule has 3 aromatic rings. The molecule has 2 unspecified atom stereocenters. The van der Waals surface area contributed by atoms with Gasteiger partial charge in [-0.3, -0.25) is 13.9 Å². The molecule has 4 rings (SSSR count). The van der Waals surface area contributed by atoms with Crippen LogP contribution in [0.5, 0.6) is 5.75 Å². The predicted octanol–water partition coefficient (Wildman–Crippen LogP) is 0.210. The second kappa shape index (κ2) is 9.17. The van der Waals surface area contributed by atoms with Crippen LogP contribution in [-0.2, 0) is 27.1 Å². The van der Waals surface area contributed by atoms with Gasteiger partial charge >= 0.3 is 5.69 Å². The predicted molar refractivity (Wildman–Crippen MR) is 122 cm³/mol. The molecule has 2 atom stereocenters. The van der Waals surface area contributed by atoms with Crippen molar-refractivity contribution in [3.63, 3.8) is 0 Å². The summed E-state index contributed by atoms with van der Waals surface area (Å²) < 4.78 is 10.1. The highest BCUT2D eigenvalue weighted by atomic mass is 16.5. The summed E-state index contributed by atoms with van der Waals surface area (Å²) in [6.07, 6.45) is 2.60. The van der Waals surface area contributed by atoms with Gasteiger partial charge in [-0.2, -0.15) is 0 Å². The lowest BCUT2D eigenvalue weighted by Crippen LogP contribution is -2.38. The standard InChI is InChI=1S/C22H30N6O4/c1-14(8-10-28-13-25-20-19(28)21(30)27(3)22(31)26(20)2)24-11-15(29)12-32-18-6-4-5-17-16(18)7-9-23-17/h4-6,13-15,23-24,29H,7-12H2,1-3H3. The second-order valence-corrected chi connectivity index (χ2v) is 8.34. The highest BCUT2D eigenvalue weighted by Crippen LogP contribution is 2.30. The lowest BCUT2D eigenvalue weighted by Gasteiger charge is -2.18. The molecule has 10 nitrogen and oxygen atoms in total. The summed E-state index contributed by atoms with van der Waals surface area (Å²) in [7, 11) is 3.07. The number of fused-ring (bicyclic) bond motifs is 2. The molecule has 0 radical (unpaired) electrons. The van der Waals surface area contributed by atoms with Crippen molar-refractivity contribution in [2.45, 2.75) is 38.5 Å². The summed E-state index contributed by atoms with van der Waals surface area (Å²) in [5.74, 6) is 0.822. The third kappa shape index (κ3) is 4.28.